The Morgan fingerprint density at radius 1 is 0.581 bits per heavy atom. The minimum absolute atomic E-state index is 0. The summed E-state index contributed by atoms with van der Waals surface area (Å²) >= 11 is 0. The van der Waals surface area contributed by atoms with Crippen molar-refractivity contribution in [1.82, 2.24) is 11.6 Å². The number of hydroxylamine groups is 1. The predicted octanol–water partition coefficient (Wildman–Crippen LogP) is 4.31. The van der Waals surface area contributed by atoms with Crippen molar-refractivity contribution >= 4 is 15.6 Å². The molecule has 0 amide bonds. The van der Waals surface area contributed by atoms with Gasteiger partial charge in [0, 0.05) is 6.54 Å². The predicted molar refractivity (Wildman–Crippen MR) is 123 cm³/mol. The van der Waals surface area contributed by atoms with Crippen LogP contribution < -0.4 is 11.6 Å². The van der Waals surface area contributed by atoms with Crippen LogP contribution in [0, 0.1) is 0 Å². The molecule has 0 fully saturated rings. The maximum Gasteiger partial charge on any atom is 0.466 e. The molecule has 0 aromatic rings. The highest BCUT2D eigenvalue weighted by Crippen LogP contribution is 2.26. The van der Waals surface area contributed by atoms with Crippen LogP contribution in [0.3, 0.4) is 0 Å². The van der Waals surface area contributed by atoms with Crippen LogP contribution in [0.2, 0.25) is 0 Å². The van der Waals surface area contributed by atoms with Gasteiger partial charge in [-0.1, -0.05) is 90.4 Å². The Morgan fingerprint density at radius 3 is 1.10 bits per heavy atom. The fourth-order valence-electron chi connectivity index (χ4n) is 2.57. The van der Waals surface area contributed by atoms with E-state index in [1.165, 1.54) is 89.9 Å². The lowest BCUT2D eigenvalue weighted by atomic mass is 10.0. The highest BCUT2D eigenvalue weighted by Gasteiger charge is 2.00. The molecular formula is C18H48N2O9P2. The van der Waals surface area contributed by atoms with Crippen LogP contribution in [0.15, 0.2) is 0 Å². The molecule has 11 nitrogen and oxygen atoms in total. The van der Waals surface area contributed by atoms with Crippen LogP contribution in [0.1, 0.15) is 104 Å². The molecule has 0 atom stereocenters. The summed E-state index contributed by atoms with van der Waals surface area (Å²) in [6.45, 7) is 6.07. The van der Waals surface area contributed by atoms with Gasteiger partial charge < -0.3 is 40.3 Å². The molecule has 10 N–H and O–H groups in total. The highest BCUT2D eigenvalue weighted by molar-refractivity contribution is 7.45. The van der Waals surface area contributed by atoms with Crippen molar-refractivity contribution in [3.63, 3.8) is 0 Å². The second-order valence-electron chi connectivity index (χ2n) is 6.95. The molecular weight excluding hydrogens is 450 g/mol. The fourth-order valence-corrected chi connectivity index (χ4v) is 2.57. The molecule has 13 heteroatoms. The van der Waals surface area contributed by atoms with Gasteiger partial charge in [0.1, 0.15) is 0 Å². The van der Waals surface area contributed by atoms with Gasteiger partial charge >= 0.3 is 15.6 Å². The maximum atomic E-state index is 8.88. The average Bonchev–Trinajstić information content (AvgIpc) is 2.58. The lowest BCUT2D eigenvalue weighted by Gasteiger charge is -2.04. The first-order valence-corrected chi connectivity index (χ1v) is 14.0. The summed E-state index contributed by atoms with van der Waals surface area (Å²) < 4.78 is 17.8. The van der Waals surface area contributed by atoms with Gasteiger partial charge in [0.2, 0.25) is 0 Å². The van der Waals surface area contributed by atoms with Crippen molar-refractivity contribution in [3.8, 4) is 0 Å². The van der Waals surface area contributed by atoms with Crippen molar-refractivity contribution in [1.29, 1.82) is 0 Å². The lowest BCUT2D eigenvalue weighted by Crippen LogP contribution is -2.15. The standard InChI is InChI=1S/C18H39NO.H3N.2H3O4P/c1-3-5-6-7-8-9-10-11-12-13-14-15-16-17-18-19-20-4-2;;2*1-5(2,3)4/h19H,3-18H2,1-2H3;1H3;2*(H3,1,2,3,4). The molecule has 0 unspecified atom stereocenters. The number of unbranched alkanes of at least 4 members (excludes halogenated alkanes) is 13. The normalized spacial score (nSPS) is 11.0. The van der Waals surface area contributed by atoms with Crippen molar-refractivity contribution in [3.05, 3.63) is 0 Å². The van der Waals surface area contributed by atoms with Gasteiger partial charge in [-0.25, -0.2) is 14.6 Å². The molecule has 194 valence electrons. The van der Waals surface area contributed by atoms with Gasteiger partial charge in [-0.15, -0.1) is 0 Å². The minimum atomic E-state index is -4.64. The largest absolute Gasteiger partial charge is 0.466 e. The third kappa shape index (κ3) is 81.3. The van der Waals surface area contributed by atoms with Crippen molar-refractivity contribution in [2.24, 2.45) is 0 Å². The van der Waals surface area contributed by atoms with E-state index in [9.17, 15) is 0 Å². The molecule has 0 saturated heterocycles. The van der Waals surface area contributed by atoms with Gasteiger partial charge in [-0.2, -0.15) is 0 Å². The minimum Gasteiger partial charge on any atom is -0.344 e. The SMILES string of the molecule is CCCCCCCCCCCCCCCCNOCC.N.O=P(O)(O)O.O=P(O)(O)O. The Morgan fingerprint density at radius 2 is 0.839 bits per heavy atom. The molecule has 0 saturated carbocycles. The third-order valence-electron chi connectivity index (χ3n) is 3.88. The highest BCUT2D eigenvalue weighted by atomic mass is 31.2. The van der Waals surface area contributed by atoms with Crippen LogP contribution in [-0.4, -0.2) is 42.5 Å². The van der Waals surface area contributed by atoms with E-state index >= 15 is 0 Å². The first-order chi connectivity index (χ1) is 13.9. The summed E-state index contributed by atoms with van der Waals surface area (Å²) in [4.78, 5) is 48.2. The molecule has 0 aliphatic rings. The zero-order valence-electron chi connectivity index (χ0n) is 19.3. The third-order valence-corrected chi connectivity index (χ3v) is 3.88. The van der Waals surface area contributed by atoms with E-state index in [1.807, 2.05) is 6.92 Å². The Balaban J connectivity index is -0.000000275. The first kappa shape index (κ1) is 38.4. The fraction of sp³-hybridized carbons (Fsp3) is 1.00. The summed E-state index contributed by atoms with van der Waals surface area (Å²) in [5.74, 6) is 0. The summed E-state index contributed by atoms with van der Waals surface area (Å²) in [6, 6.07) is 0. The summed E-state index contributed by atoms with van der Waals surface area (Å²) in [5, 5.41) is 0. The summed E-state index contributed by atoms with van der Waals surface area (Å²) in [7, 11) is -9.28. The Labute approximate surface area is 188 Å². The van der Waals surface area contributed by atoms with Gasteiger partial charge in [0.05, 0.1) is 6.61 Å². The molecule has 0 spiro atoms. The van der Waals surface area contributed by atoms with Crippen molar-refractivity contribution in [2.45, 2.75) is 104 Å². The Kier molecular flexibility index (Phi) is 34.8. The first-order valence-electron chi connectivity index (χ1n) is 10.8. The van der Waals surface area contributed by atoms with Gasteiger partial charge in [0.15, 0.2) is 0 Å². The van der Waals surface area contributed by atoms with Crippen LogP contribution in [0.25, 0.3) is 0 Å². The molecule has 0 aliphatic heterocycles. The molecule has 31 heavy (non-hydrogen) atoms. The summed E-state index contributed by atoms with van der Waals surface area (Å²) in [6.07, 6.45) is 19.9. The van der Waals surface area contributed by atoms with Crippen LogP contribution in [-0.2, 0) is 14.0 Å². The Bertz CT molecular complexity index is 366. The van der Waals surface area contributed by atoms with Crippen LogP contribution in [0.4, 0.5) is 0 Å². The quantitative estimate of drug-likeness (QED) is 0.0803. The van der Waals surface area contributed by atoms with Gasteiger partial charge in [-0.3, -0.25) is 0 Å². The van der Waals surface area contributed by atoms with E-state index in [1.54, 1.807) is 0 Å². The number of rotatable bonds is 17. The van der Waals surface area contributed by atoms with Gasteiger partial charge in [0.25, 0.3) is 0 Å². The van der Waals surface area contributed by atoms with Crippen molar-refractivity contribution in [2.75, 3.05) is 13.2 Å². The maximum absolute atomic E-state index is 8.88. The second kappa shape index (κ2) is 28.1. The molecule has 0 radical (unpaired) electrons. The van der Waals surface area contributed by atoms with E-state index in [2.05, 4.69) is 12.4 Å². The monoisotopic (exact) mass is 498 g/mol. The van der Waals surface area contributed by atoms with E-state index in [0.717, 1.165) is 13.2 Å². The molecule has 0 heterocycles. The molecule has 0 rings (SSSR count). The van der Waals surface area contributed by atoms with E-state index in [-0.39, 0.29) is 6.15 Å². The van der Waals surface area contributed by atoms with Crippen LogP contribution in [0.5, 0.6) is 0 Å². The number of hydrogen-bond donors (Lipinski definition) is 8. The van der Waals surface area contributed by atoms with Gasteiger partial charge in [-0.05, 0) is 13.3 Å². The summed E-state index contributed by atoms with van der Waals surface area (Å²) in [5.41, 5.74) is 2.98. The zero-order chi connectivity index (χ0) is 23.7. The zero-order valence-corrected chi connectivity index (χ0v) is 21.1. The van der Waals surface area contributed by atoms with E-state index in [0.29, 0.717) is 0 Å². The smallest absolute Gasteiger partial charge is 0.344 e. The number of nitrogens with one attached hydrogen (secondary N) is 1. The lowest BCUT2D eigenvalue weighted by molar-refractivity contribution is 0.0500. The van der Waals surface area contributed by atoms with E-state index in [4.69, 9.17) is 43.3 Å². The average molecular weight is 499 g/mol. The van der Waals surface area contributed by atoms with Crippen molar-refractivity contribution < 1.29 is 43.3 Å². The molecule has 0 aliphatic carbocycles. The number of hydrogen-bond acceptors (Lipinski definition) is 5. The second-order valence-corrected chi connectivity index (χ2v) is 9.00. The van der Waals surface area contributed by atoms with E-state index < -0.39 is 15.6 Å². The number of phosphoric acid groups is 2. The topological polar surface area (TPSA) is 212 Å². The molecule has 0 aromatic carbocycles. The van der Waals surface area contributed by atoms with Crippen LogP contribution >= 0.6 is 15.6 Å². The molecule has 0 aromatic heterocycles. The molecule has 0 bridgehead atoms. The Hall–Kier alpha value is 0.1000.